The van der Waals surface area contributed by atoms with Crippen molar-refractivity contribution >= 4 is 33.1 Å². The van der Waals surface area contributed by atoms with Crippen molar-refractivity contribution in [3.8, 4) is 0 Å². The normalized spacial score (nSPS) is 11.2. The van der Waals surface area contributed by atoms with Gasteiger partial charge in [0.15, 0.2) is 0 Å². The molecule has 0 fully saturated rings. The Morgan fingerprint density at radius 2 is 1.95 bits per heavy atom. The summed E-state index contributed by atoms with van der Waals surface area (Å²) >= 11 is 6.02. The second kappa shape index (κ2) is 5.68. The fourth-order valence-electron chi connectivity index (χ4n) is 1.59. The lowest BCUT2D eigenvalue weighted by Gasteiger charge is -2.10. The molecule has 0 aliphatic heterocycles. The van der Waals surface area contributed by atoms with Gasteiger partial charge in [0, 0.05) is 13.2 Å². The molecule has 0 spiro atoms. The summed E-state index contributed by atoms with van der Waals surface area (Å²) in [6, 6.07) is 8.17. The third-order valence-corrected chi connectivity index (χ3v) is 4.34. The van der Waals surface area contributed by atoms with Crippen LogP contribution in [0.3, 0.4) is 0 Å². The predicted octanol–water partition coefficient (Wildman–Crippen LogP) is 2.89. The number of aromatic nitrogens is 1. The topological polar surface area (TPSA) is 71.1 Å². The van der Waals surface area contributed by atoms with E-state index in [1.807, 2.05) is 6.92 Å². The Bertz CT molecular complexity index is 715. The van der Waals surface area contributed by atoms with Crippen LogP contribution < -0.4 is 10.0 Å². The zero-order chi connectivity index (χ0) is 14.8. The number of halogens is 1. The van der Waals surface area contributed by atoms with E-state index in [-0.39, 0.29) is 4.90 Å². The molecule has 106 valence electrons. The van der Waals surface area contributed by atoms with Crippen molar-refractivity contribution in [3.05, 3.63) is 47.1 Å². The number of anilines is 2. The Morgan fingerprint density at radius 1 is 1.20 bits per heavy atom. The maximum atomic E-state index is 12.2. The molecule has 5 nitrogen and oxygen atoms in total. The maximum Gasteiger partial charge on any atom is 0.263 e. The molecule has 7 heteroatoms. The van der Waals surface area contributed by atoms with Crippen LogP contribution in [0.15, 0.2) is 41.4 Å². The van der Waals surface area contributed by atoms with Crippen LogP contribution in [-0.4, -0.2) is 20.4 Å². The highest BCUT2D eigenvalue weighted by Crippen LogP contribution is 2.25. The van der Waals surface area contributed by atoms with Crippen LogP contribution in [0.2, 0.25) is 5.02 Å². The van der Waals surface area contributed by atoms with E-state index in [0.717, 1.165) is 5.56 Å². The van der Waals surface area contributed by atoms with Crippen molar-refractivity contribution < 1.29 is 8.42 Å². The Balaban J connectivity index is 2.30. The number of aryl methyl sites for hydroxylation is 1. The molecule has 2 aromatic rings. The fraction of sp³-hybridized carbons (Fsp3) is 0.154. The highest BCUT2D eigenvalue weighted by Gasteiger charge is 2.16. The molecule has 1 aromatic carbocycles. The third-order valence-electron chi connectivity index (χ3n) is 2.67. The molecule has 2 N–H and O–H groups in total. The largest absolute Gasteiger partial charge is 0.373 e. The first-order valence-electron chi connectivity index (χ1n) is 5.85. The highest BCUT2D eigenvalue weighted by molar-refractivity contribution is 7.92. The van der Waals surface area contributed by atoms with Crippen LogP contribution in [0.25, 0.3) is 0 Å². The molecule has 0 aliphatic carbocycles. The monoisotopic (exact) mass is 311 g/mol. The first kappa shape index (κ1) is 14.6. The van der Waals surface area contributed by atoms with Crippen LogP contribution in [0.1, 0.15) is 5.56 Å². The van der Waals surface area contributed by atoms with Gasteiger partial charge in [-0.1, -0.05) is 17.7 Å². The molecular formula is C13H14ClN3O2S. The number of rotatable bonds is 4. The lowest BCUT2D eigenvalue weighted by Crippen LogP contribution is -2.13. The molecule has 0 unspecified atom stereocenters. The highest BCUT2D eigenvalue weighted by atomic mass is 35.5. The molecule has 2 rings (SSSR count). The lowest BCUT2D eigenvalue weighted by molar-refractivity contribution is 0.601. The SMILES string of the molecule is CNc1ccc(S(=O)(=O)Nc2ccc(C)cc2Cl)cn1. The van der Waals surface area contributed by atoms with Gasteiger partial charge in [0.05, 0.1) is 10.7 Å². The minimum absolute atomic E-state index is 0.0770. The Kier molecular flexibility index (Phi) is 4.15. The van der Waals surface area contributed by atoms with Crippen LogP contribution >= 0.6 is 11.6 Å². The van der Waals surface area contributed by atoms with E-state index in [0.29, 0.717) is 16.5 Å². The Morgan fingerprint density at radius 3 is 2.50 bits per heavy atom. The molecule has 0 radical (unpaired) electrons. The average Bonchev–Trinajstić information content (AvgIpc) is 2.42. The number of hydrogen-bond acceptors (Lipinski definition) is 4. The van der Waals surface area contributed by atoms with Gasteiger partial charge in [-0.05, 0) is 36.8 Å². The third kappa shape index (κ3) is 3.20. The molecule has 0 saturated carbocycles. The van der Waals surface area contributed by atoms with E-state index in [4.69, 9.17) is 11.6 Å². The van der Waals surface area contributed by atoms with Gasteiger partial charge in [-0.15, -0.1) is 0 Å². The summed E-state index contributed by atoms with van der Waals surface area (Å²) in [7, 11) is -1.99. The van der Waals surface area contributed by atoms with E-state index in [1.165, 1.54) is 12.3 Å². The number of pyridine rings is 1. The van der Waals surface area contributed by atoms with Gasteiger partial charge < -0.3 is 5.32 Å². The van der Waals surface area contributed by atoms with Gasteiger partial charge in [0.25, 0.3) is 10.0 Å². The summed E-state index contributed by atoms with van der Waals surface area (Å²) in [6.07, 6.45) is 1.29. The van der Waals surface area contributed by atoms with E-state index >= 15 is 0 Å². The molecular weight excluding hydrogens is 298 g/mol. The molecule has 0 saturated heterocycles. The molecule has 1 heterocycles. The first-order valence-corrected chi connectivity index (χ1v) is 7.71. The van der Waals surface area contributed by atoms with Crippen LogP contribution in [0, 0.1) is 6.92 Å². The van der Waals surface area contributed by atoms with Gasteiger partial charge in [-0.2, -0.15) is 0 Å². The van der Waals surface area contributed by atoms with Crippen molar-refractivity contribution in [1.29, 1.82) is 0 Å². The minimum atomic E-state index is -3.70. The van der Waals surface area contributed by atoms with Gasteiger partial charge in [0.2, 0.25) is 0 Å². The lowest BCUT2D eigenvalue weighted by atomic mass is 10.2. The van der Waals surface area contributed by atoms with Crippen LogP contribution in [0.4, 0.5) is 11.5 Å². The minimum Gasteiger partial charge on any atom is -0.373 e. The predicted molar refractivity (Wildman–Crippen MR) is 80.8 cm³/mol. The van der Waals surface area contributed by atoms with Crippen molar-refractivity contribution in [2.24, 2.45) is 0 Å². The fourth-order valence-corrected chi connectivity index (χ4v) is 2.96. The molecule has 0 amide bonds. The van der Waals surface area contributed by atoms with Gasteiger partial charge in [-0.25, -0.2) is 13.4 Å². The van der Waals surface area contributed by atoms with Crippen molar-refractivity contribution in [3.63, 3.8) is 0 Å². The van der Waals surface area contributed by atoms with E-state index in [2.05, 4.69) is 15.0 Å². The standard InChI is InChI=1S/C13H14ClN3O2S/c1-9-3-5-12(11(14)7-9)17-20(18,19)10-4-6-13(15-2)16-8-10/h3-8,17H,1-2H3,(H,15,16). The second-order valence-electron chi connectivity index (χ2n) is 4.22. The summed E-state index contributed by atoms with van der Waals surface area (Å²) in [4.78, 5) is 4.06. The molecule has 20 heavy (non-hydrogen) atoms. The Labute approximate surface area is 123 Å². The second-order valence-corrected chi connectivity index (χ2v) is 6.31. The summed E-state index contributed by atoms with van der Waals surface area (Å²) < 4.78 is 26.9. The van der Waals surface area contributed by atoms with E-state index < -0.39 is 10.0 Å². The Hall–Kier alpha value is -1.79. The van der Waals surface area contributed by atoms with Crippen LogP contribution in [-0.2, 0) is 10.0 Å². The number of nitrogens with one attached hydrogen (secondary N) is 2. The quantitative estimate of drug-likeness (QED) is 0.911. The van der Waals surface area contributed by atoms with Crippen LogP contribution in [0.5, 0.6) is 0 Å². The number of benzene rings is 1. The first-order chi connectivity index (χ1) is 9.42. The summed E-state index contributed by atoms with van der Waals surface area (Å²) in [6.45, 7) is 1.88. The molecule has 0 atom stereocenters. The van der Waals surface area contributed by atoms with Gasteiger partial charge >= 0.3 is 0 Å². The van der Waals surface area contributed by atoms with E-state index in [9.17, 15) is 8.42 Å². The molecule has 1 aromatic heterocycles. The maximum absolute atomic E-state index is 12.2. The van der Waals surface area contributed by atoms with Crippen molar-refractivity contribution in [1.82, 2.24) is 4.98 Å². The van der Waals surface area contributed by atoms with E-state index in [1.54, 1.807) is 31.3 Å². The molecule has 0 bridgehead atoms. The molecule has 0 aliphatic rings. The summed E-state index contributed by atoms with van der Waals surface area (Å²) in [5.41, 5.74) is 1.30. The van der Waals surface area contributed by atoms with Gasteiger partial charge in [0.1, 0.15) is 10.7 Å². The smallest absolute Gasteiger partial charge is 0.263 e. The van der Waals surface area contributed by atoms with Crippen molar-refractivity contribution in [2.45, 2.75) is 11.8 Å². The zero-order valence-electron chi connectivity index (χ0n) is 11.0. The number of nitrogens with zero attached hydrogens (tertiary/aromatic N) is 1. The summed E-state index contributed by atoms with van der Waals surface area (Å²) in [5.74, 6) is 0.595. The summed E-state index contributed by atoms with van der Waals surface area (Å²) in [5, 5.41) is 3.18. The van der Waals surface area contributed by atoms with Crippen molar-refractivity contribution in [2.75, 3.05) is 17.1 Å². The zero-order valence-corrected chi connectivity index (χ0v) is 12.6. The average molecular weight is 312 g/mol. The number of hydrogen-bond donors (Lipinski definition) is 2. The van der Waals surface area contributed by atoms with Gasteiger partial charge in [-0.3, -0.25) is 4.72 Å². The number of sulfonamides is 1.